The van der Waals surface area contributed by atoms with Crippen molar-refractivity contribution in [3.05, 3.63) is 64.8 Å². The fraction of sp³-hybridized carbons (Fsp3) is 0.300. The summed E-state index contributed by atoms with van der Waals surface area (Å²) in [5.74, 6) is -0.838. The first kappa shape index (κ1) is 20.5. The summed E-state index contributed by atoms with van der Waals surface area (Å²) >= 11 is 0. The molecule has 1 aromatic heterocycles. The van der Waals surface area contributed by atoms with E-state index in [4.69, 9.17) is 0 Å². The van der Waals surface area contributed by atoms with Crippen molar-refractivity contribution < 1.29 is 22.8 Å². The van der Waals surface area contributed by atoms with Crippen LogP contribution >= 0.6 is 0 Å². The molecule has 0 saturated carbocycles. The lowest BCUT2D eigenvalue weighted by Gasteiger charge is -2.24. The van der Waals surface area contributed by atoms with Gasteiger partial charge in [0.05, 0.1) is 5.56 Å². The maximum atomic E-state index is 13.4. The van der Waals surface area contributed by atoms with Crippen LogP contribution in [0.25, 0.3) is 0 Å². The Morgan fingerprint density at radius 1 is 1.07 bits per heavy atom. The lowest BCUT2D eigenvalue weighted by atomic mass is 10.1. The average molecular weight is 404 g/mol. The third kappa shape index (κ3) is 4.98. The summed E-state index contributed by atoms with van der Waals surface area (Å²) < 4.78 is 40.1. The fourth-order valence-corrected chi connectivity index (χ4v) is 3.02. The van der Waals surface area contributed by atoms with E-state index in [2.05, 4.69) is 15.3 Å². The number of hydrogen-bond acceptors (Lipinski definition) is 4. The van der Waals surface area contributed by atoms with Crippen LogP contribution in [0.15, 0.2) is 36.4 Å². The van der Waals surface area contributed by atoms with Gasteiger partial charge in [0.2, 0.25) is 0 Å². The number of carbonyl (C=O) groups is 2. The summed E-state index contributed by atoms with van der Waals surface area (Å²) in [5.41, 5.74) is -0.696. The molecule has 9 heteroatoms. The number of aromatic nitrogens is 2. The topological polar surface area (TPSA) is 75.2 Å². The largest absolute Gasteiger partial charge is 0.416 e. The Bertz CT molecular complexity index is 966. The molecule has 0 aliphatic carbocycles. The van der Waals surface area contributed by atoms with Crippen molar-refractivity contribution in [1.82, 2.24) is 14.9 Å². The van der Waals surface area contributed by atoms with Gasteiger partial charge in [-0.15, -0.1) is 0 Å². The zero-order chi connectivity index (χ0) is 21.2. The lowest BCUT2D eigenvalue weighted by Crippen LogP contribution is -2.34. The van der Waals surface area contributed by atoms with E-state index in [0.29, 0.717) is 31.0 Å². The van der Waals surface area contributed by atoms with E-state index >= 15 is 0 Å². The fourth-order valence-electron chi connectivity index (χ4n) is 3.02. The SMILES string of the molecule is Cc1cc(C(=O)Nc2cc(C(=O)N3CC=CCC3)cc(C(F)(F)F)c2)nc(C)n1. The second kappa shape index (κ2) is 8.02. The van der Waals surface area contributed by atoms with Crippen LogP contribution in [-0.4, -0.2) is 39.8 Å². The van der Waals surface area contributed by atoms with Gasteiger partial charge in [0.1, 0.15) is 11.5 Å². The molecule has 0 fully saturated rings. The molecule has 1 aliphatic heterocycles. The van der Waals surface area contributed by atoms with E-state index < -0.39 is 23.6 Å². The predicted octanol–water partition coefficient (Wildman–Crippen LogP) is 3.77. The number of carbonyl (C=O) groups excluding carboxylic acids is 2. The first-order chi connectivity index (χ1) is 13.6. The third-order valence-electron chi connectivity index (χ3n) is 4.31. The Morgan fingerprint density at radius 3 is 2.45 bits per heavy atom. The molecule has 1 N–H and O–H groups in total. The van der Waals surface area contributed by atoms with Gasteiger partial charge in [-0.3, -0.25) is 9.59 Å². The van der Waals surface area contributed by atoms with Gasteiger partial charge in [-0.05, 0) is 44.5 Å². The van der Waals surface area contributed by atoms with Gasteiger partial charge >= 0.3 is 6.18 Å². The summed E-state index contributed by atoms with van der Waals surface area (Å²) in [6.07, 6.45) is -0.328. The van der Waals surface area contributed by atoms with Crippen LogP contribution in [0.3, 0.4) is 0 Å². The highest BCUT2D eigenvalue weighted by Gasteiger charge is 2.32. The molecule has 2 heterocycles. The highest BCUT2D eigenvalue weighted by atomic mass is 19.4. The van der Waals surface area contributed by atoms with Crippen LogP contribution in [0.2, 0.25) is 0 Å². The zero-order valence-corrected chi connectivity index (χ0v) is 15.9. The van der Waals surface area contributed by atoms with E-state index in [1.54, 1.807) is 19.9 Å². The molecule has 0 saturated heterocycles. The summed E-state index contributed by atoms with van der Waals surface area (Å²) in [6.45, 7) is 4.04. The average Bonchev–Trinajstić information content (AvgIpc) is 2.66. The zero-order valence-electron chi connectivity index (χ0n) is 15.9. The van der Waals surface area contributed by atoms with Crippen molar-refractivity contribution in [3.63, 3.8) is 0 Å². The van der Waals surface area contributed by atoms with E-state index in [1.165, 1.54) is 17.0 Å². The molecule has 3 rings (SSSR count). The first-order valence-electron chi connectivity index (χ1n) is 8.93. The molecule has 0 bridgehead atoms. The molecule has 152 valence electrons. The number of nitrogens with one attached hydrogen (secondary N) is 1. The number of halogens is 3. The van der Waals surface area contributed by atoms with Crippen molar-refractivity contribution in [3.8, 4) is 0 Å². The summed E-state index contributed by atoms with van der Waals surface area (Å²) in [4.78, 5) is 34.7. The van der Waals surface area contributed by atoms with E-state index in [-0.39, 0.29) is 16.9 Å². The minimum Gasteiger partial charge on any atom is -0.335 e. The number of aryl methyl sites for hydroxylation is 2. The van der Waals surface area contributed by atoms with E-state index in [0.717, 1.165) is 12.1 Å². The second-order valence-electron chi connectivity index (χ2n) is 6.70. The van der Waals surface area contributed by atoms with Crippen molar-refractivity contribution in [2.45, 2.75) is 26.4 Å². The minimum atomic E-state index is -4.67. The number of benzene rings is 1. The van der Waals surface area contributed by atoms with Gasteiger partial charge < -0.3 is 10.2 Å². The van der Waals surface area contributed by atoms with Gasteiger partial charge in [0.25, 0.3) is 11.8 Å². The van der Waals surface area contributed by atoms with Crippen molar-refractivity contribution in [1.29, 1.82) is 0 Å². The highest BCUT2D eigenvalue weighted by molar-refractivity contribution is 6.04. The van der Waals surface area contributed by atoms with Crippen molar-refractivity contribution in [2.24, 2.45) is 0 Å². The molecule has 6 nitrogen and oxygen atoms in total. The van der Waals surface area contributed by atoms with Crippen LogP contribution in [0.5, 0.6) is 0 Å². The van der Waals surface area contributed by atoms with Gasteiger partial charge in [0, 0.05) is 30.0 Å². The quantitative estimate of drug-likeness (QED) is 0.791. The number of alkyl halides is 3. The maximum Gasteiger partial charge on any atom is 0.416 e. The summed E-state index contributed by atoms with van der Waals surface area (Å²) in [7, 11) is 0. The number of anilines is 1. The standard InChI is InChI=1S/C20H19F3N4O2/c1-12-8-17(25-13(2)24-12)18(28)26-16-10-14(9-15(11-16)20(21,22)23)19(29)27-6-4-3-5-7-27/h3-4,8-11H,5-7H2,1-2H3,(H,26,28). The number of nitrogens with zero attached hydrogens (tertiary/aromatic N) is 3. The predicted molar refractivity (Wildman–Crippen MR) is 101 cm³/mol. The Kier molecular flexibility index (Phi) is 5.67. The number of hydrogen-bond donors (Lipinski definition) is 1. The second-order valence-corrected chi connectivity index (χ2v) is 6.70. The Labute approximate surface area is 165 Å². The monoisotopic (exact) mass is 404 g/mol. The van der Waals surface area contributed by atoms with Crippen molar-refractivity contribution >= 4 is 17.5 Å². The van der Waals surface area contributed by atoms with Crippen LogP contribution in [0, 0.1) is 13.8 Å². The molecular formula is C20H19F3N4O2. The van der Waals surface area contributed by atoms with Gasteiger partial charge in [-0.2, -0.15) is 13.2 Å². The lowest BCUT2D eigenvalue weighted by molar-refractivity contribution is -0.137. The minimum absolute atomic E-state index is 0.0291. The van der Waals surface area contributed by atoms with Crippen LogP contribution < -0.4 is 5.32 Å². The van der Waals surface area contributed by atoms with Gasteiger partial charge in [-0.1, -0.05) is 12.2 Å². The molecule has 1 aliphatic rings. The Balaban J connectivity index is 1.94. The molecule has 1 aromatic carbocycles. The van der Waals surface area contributed by atoms with Crippen molar-refractivity contribution in [2.75, 3.05) is 18.4 Å². The van der Waals surface area contributed by atoms with Crippen LogP contribution in [-0.2, 0) is 6.18 Å². The molecular weight excluding hydrogens is 385 g/mol. The molecule has 0 unspecified atom stereocenters. The van der Waals surface area contributed by atoms with Gasteiger partial charge in [0.15, 0.2) is 0 Å². The third-order valence-corrected chi connectivity index (χ3v) is 4.31. The number of rotatable bonds is 3. The smallest absolute Gasteiger partial charge is 0.335 e. The molecule has 0 spiro atoms. The first-order valence-corrected chi connectivity index (χ1v) is 8.93. The van der Waals surface area contributed by atoms with Crippen LogP contribution in [0.1, 0.15) is 44.3 Å². The molecule has 2 amide bonds. The Hall–Kier alpha value is -3.23. The molecule has 0 radical (unpaired) electrons. The summed E-state index contributed by atoms with van der Waals surface area (Å²) in [6, 6.07) is 4.28. The normalized spacial score (nSPS) is 14.0. The summed E-state index contributed by atoms with van der Waals surface area (Å²) in [5, 5.41) is 2.41. The molecule has 2 aromatic rings. The number of amides is 2. The molecule has 0 atom stereocenters. The van der Waals surface area contributed by atoms with Gasteiger partial charge in [-0.25, -0.2) is 9.97 Å². The Morgan fingerprint density at radius 2 is 1.83 bits per heavy atom. The van der Waals surface area contributed by atoms with E-state index in [1.807, 2.05) is 6.08 Å². The molecule has 29 heavy (non-hydrogen) atoms. The highest BCUT2D eigenvalue weighted by Crippen LogP contribution is 2.32. The van der Waals surface area contributed by atoms with Crippen LogP contribution in [0.4, 0.5) is 18.9 Å². The maximum absolute atomic E-state index is 13.4. The van der Waals surface area contributed by atoms with E-state index in [9.17, 15) is 22.8 Å².